The van der Waals surface area contributed by atoms with Crippen LogP contribution in [-0.4, -0.2) is 5.91 Å². The van der Waals surface area contributed by atoms with Gasteiger partial charge in [0.05, 0.1) is 5.69 Å². The summed E-state index contributed by atoms with van der Waals surface area (Å²) in [4.78, 5) is 12.3. The molecule has 0 aromatic heterocycles. The van der Waals surface area contributed by atoms with Gasteiger partial charge in [-0.2, -0.15) is 0 Å². The summed E-state index contributed by atoms with van der Waals surface area (Å²) >= 11 is 6.05. The first-order valence-electron chi connectivity index (χ1n) is 7.40. The van der Waals surface area contributed by atoms with Crippen LogP contribution in [0.5, 0.6) is 0 Å². The van der Waals surface area contributed by atoms with Gasteiger partial charge < -0.3 is 5.32 Å². The molecule has 1 amide bonds. The van der Waals surface area contributed by atoms with Gasteiger partial charge in [-0.15, -0.1) is 0 Å². The molecule has 0 saturated carbocycles. The van der Waals surface area contributed by atoms with Gasteiger partial charge >= 0.3 is 0 Å². The molecule has 1 aliphatic heterocycles. The molecule has 4 heteroatoms. The van der Waals surface area contributed by atoms with Gasteiger partial charge in [-0.3, -0.25) is 4.79 Å². The summed E-state index contributed by atoms with van der Waals surface area (Å²) in [5, 5.41) is 5.29. The normalized spacial score (nSPS) is 17.0. The van der Waals surface area contributed by atoms with Gasteiger partial charge in [0.25, 0.3) is 0 Å². The highest BCUT2D eigenvalue weighted by molar-refractivity contribution is 14.1. The van der Waals surface area contributed by atoms with Crippen molar-refractivity contribution in [3.8, 4) is 0 Å². The van der Waals surface area contributed by atoms with Gasteiger partial charge in [0, 0.05) is 25.8 Å². The molecular weight excluding hydrogens is 465 g/mol. The summed E-state index contributed by atoms with van der Waals surface area (Å²) < 4.78 is 2.26. The number of hydrogen-bond acceptors (Lipinski definition) is 1. The molecule has 1 N–H and O–H groups in total. The lowest BCUT2D eigenvalue weighted by Gasteiger charge is -2.28. The van der Waals surface area contributed by atoms with E-state index in [9.17, 15) is 4.79 Å². The van der Waals surface area contributed by atoms with E-state index in [4.69, 9.17) is 0 Å². The zero-order chi connectivity index (χ0) is 16.0. The van der Waals surface area contributed by atoms with Crippen molar-refractivity contribution in [2.45, 2.75) is 12.3 Å². The average molecular weight is 478 g/mol. The molecule has 23 heavy (non-hydrogen) atoms. The number of carbonyl (C=O) groups excluding carboxylic acids is 1. The van der Waals surface area contributed by atoms with Crippen LogP contribution in [0.1, 0.15) is 23.5 Å². The van der Waals surface area contributed by atoms with Gasteiger partial charge in [-0.25, -0.2) is 0 Å². The molecule has 0 spiro atoms. The number of fused-ring (bicyclic) bond motifs is 3. The number of hydrogen-bond donors (Lipinski definition) is 1. The summed E-state index contributed by atoms with van der Waals surface area (Å²) in [7, 11) is 0. The maximum Gasteiger partial charge on any atom is 0.225 e. The molecule has 0 saturated heterocycles. The second kappa shape index (κ2) is 5.91. The molecule has 1 aliphatic rings. The van der Waals surface area contributed by atoms with Crippen molar-refractivity contribution >= 4 is 60.9 Å². The van der Waals surface area contributed by atoms with Gasteiger partial charge in [-0.1, -0.05) is 58.4 Å². The Morgan fingerprint density at radius 3 is 2.48 bits per heavy atom. The van der Waals surface area contributed by atoms with Crippen molar-refractivity contribution in [1.29, 1.82) is 0 Å². The Bertz CT molecular complexity index is 938. The van der Waals surface area contributed by atoms with Crippen LogP contribution in [0.2, 0.25) is 0 Å². The van der Waals surface area contributed by atoms with Crippen molar-refractivity contribution < 1.29 is 4.79 Å². The second-order valence-corrected chi connectivity index (χ2v) is 7.71. The van der Waals surface area contributed by atoms with Crippen molar-refractivity contribution in [2.75, 3.05) is 5.32 Å². The highest BCUT2D eigenvalue weighted by atomic mass is 127. The standard InChI is InChI=1S/C19H13BrINO/c20-16-9-15-14(12-6-3-4-8-17(12)21)10-18(23)22-19(15)13-7-2-1-5-11(13)16/h1-9,14H,10H2,(H,22,23)/t14-/m0/s1. The minimum Gasteiger partial charge on any atom is -0.325 e. The topological polar surface area (TPSA) is 29.1 Å². The Hall–Kier alpha value is -1.40. The van der Waals surface area contributed by atoms with Gasteiger partial charge in [-0.05, 0) is 51.2 Å². The van der Waals surface area contributed by atoms with Crippen LogP contribution in [0, 0.1) is 3.57 Å². The van der Waals surface area contributed by atoms with Crippen LogP contribution in [0.3, 0.4) is 0 Å². The number of nitrogens with one attached hydrogen (secondary N) is 1. The number of halogens is 2. The molecule has 1 atom stereocenters. The Morgan fingerprint density at radius 1 is 1.00 bits per heavy atom. The number of benzene rings is 3. The summed E-state index contributed by atoms with van der Waals surface area (Å²) in [6.07, 6.45) is 0.484. The Morgan fingerprint density at radius 2 is 1.70 bits per heavy atom. The van der Waals surface area contributed by atoms with Crippen LogP contribution in [0.15, 0.2) is 59.1 Å². The van der Waals surface area contributed by atoms with Crippen LogP contribution < -0.4 is 5.32 Å². The first kappa shape index (κ1) is 15.1. The van der Waals surface area contributed by atoms with Crippen LogP contribution >= 0.6 is 38.5 Å². The van der Waals surface area contributed by atoms with Gasteiger partial charge in [0.15, 0.2) is 0 Å². The third kappa shape index (κ3) is 2.58. The van der Waals surface area contributed by atoms with E-state index in [-0.39, 0.29) is 11.8 Å². The molecule has 1 heterocycles. The molecule has 0 aliphatic carbocycles. The molecule has 0 fully saturated rings. The maximum absolute atomic E-state index is 12.3. The molecular formula is C19H13BrINO. The van der Waals surface area contributed by atoms with E-state index < -0.39 is 0 Å². The van der Waals surface area contributed by atoms with E-state index in [2.05, 4.69) is 74.2 Å². The second-order valence-electron chi connectivity index (χ2n) is 5.69. The SMILES string of the molecule is O=C1C[C@@H](c2ccccc2I)c2cc(Br)c3ccccc3c2N1. The first-order valence-corrected chi connectivity index (χ1v) is 9.28. The largest absolute Gasteiger partial charge is 0.325 e. The summed E-state index contributed by atoms with van der Waals surface area (Å²) in [5.41, 5.74) is 3.34. The van der Waals surface area contributed by atoms with E-state index >= 15 is 0 Å². The molecule has 0 bridgehead atoms. The molecule has 3 aromatic carbocycles. The minimum absolute atomic E-state index is 0.0784. The van der Waals surface area contributed by atoms with Gasteiger partial charge in [0.1, 0.15) is 0 Å². The van der Waals surface area contributed by atoms with E-state index in [1.807, 2.05) is 24.3 Å². The molecule has 3 aromatic rings. The monoisotopic (exact) mass is 477 g/mol. The third-order valence-corrected chi connectivity index (χ3v) is 5.97. The molecule has 114 valence electrons. The number of anilines is 1. The van der Waals surface area contributed by atoms with Crippen LogP contribution in [0.25, 0.3) is 10.8 Å². The Balaban J connectivity index is 2.01. The van der Waals surface area contributed by atoms with E-state index in [0.717, 1.165) is 20.9 Å². The quantitative estimate of drug-likeness (QED) is 0.449. The van der Waals surface area contributed by atoms with Crippen molar-refractivity contribution in [1.82, 2.24) is 0 Å². The molecule has 0 unspecified atom stereocenters. The minimum atomic E-state index is 0.0784. The fraction of sp³-hybridized carbons (Fsp3) is 0.105. The van der Waals surface area contributed by atoms with Crippen LogP contribution in [0.4, 0.5) is 5.69 Å². The number of carbonyl (C=O) groups is 1. The lowest BCUT2D eigenvalue weighted by Crippen LogP contribution is -2.24. The highest BCUT2D eigenvalue weighted by Gasteiger charge is 2.29. The fourth-order valence-electron chi connectivity index (χ4n) is 3.29. The number of rotatable bonds is 1. The van der Waals surface area contributed by atoms with Gasteiger partial charge in [0.2, 0.25) is 5.91 Å². The lowest BCUT2D eigenvalue weighted by atomic mass is 9.83. The fourth-order valence-corrected chi connectivity index (χ4v) is 4.64. The van der Waals surface area contributed by atoms with Crippen molar-refractivity contribution in [2.24, 2.45) is 0 Å². The highest BCUT2D eigenvalue weighted by Crippen LogP contribution is 2.44. The third-order valence-electron chi connectivity index (χ3n) is 4.33. The zero-order valence-electron chi connectivity index (χ0n) is 12.1. The van der Waals surface area contributed by atoms with E-state index in [1.165, 1.54) is 14.7 Å². The van der Waals surface area contributed by atoms with Crippen molar-refractivity contribution in [3.63, 3.8) is 0 Å². The smallest absolute Gasteiger partial charge is 0.225 e. The average Bonchev–Trinajstić information content (AvgIpc) is 2.56. The lowest BCUT2D eigenvalue weighted by molar-refractivity contribution is -0.116. The summed E-state index contributed by atoms with van der Waals surface area (Å²) in [6, 6.07) is 18.6. The van der Waals surface area contributed by atoms with E-state index in [1.54, 1.807) is 0 Å². The predicted octanol–water partition coefficient (Wildman–Crippen LogP) is 5.68. The van der Waals surface area contributed by atoms with Crippen LogP contribution in [-0.2, 0) is 4.79 Å². The first-order chi connectivity index (χ1) is 11.1. The predicted molar refractivity (Wildman–Crippen MR) is 106 cm³/mol. The maximum atomic E-state index is 12.3. The van der Waals surface area contributed by atoms with E-state index in [0.29, 0.717) is 6.42 Å². The molecule has 4 rings (SSSR count). The number of amides is 1. The Kier molecular flexibility index (Phi) is 3.89. The molecule has 2 nitrogen and oxygen atoms in total. The Labute approximate surface area is 156 Å². The zero-order valence-corrected chi connectivity index (χ0v) is 15.9. The summed E-state index contributed by atoms with van der Waals surface area (Å²) in [5.74, 6) is 0.169. The molecule has 0 radical (unpaired) electrons. The summed E-state index contributed by atoms with van der Waals surface area (Å²) in [6.45, 7) is 0. The van der Waals surface area contributed by atoms with Crippen molar-refractivity contribution in [3.05, 3.63) is 73.8 Å².